The Morgan fingerprint density at radius 3 is 2.70 bits per heavy atom. The molecule has 2 aromatic heterocycles. The highest BCUT2D eigenvalue weighted by molar-refractivity contribution is 7.91. The van der Waals surface area contributed by atoms with Crippen LogP contribution < -0.4 is 10.6 Å². The summed E-state index contributed by atoms with van der Waals surface area (Å²) in [6, 6.07) is 3.30. The summed E-state index contributed by atoms with van der Waals surface area (Å²) in [6.45, 7) is 6.46. The van der Waals surface area contributed by atoms with Crippen LogP contribution in [-0.4, -0.2) is 48.1 Å². The fourth-order valence-corrected chi connectivity index (χ4v) is 5.58. The Balaban J connectivity index is 1.59. The Morgan fingerprint density at radius 1 is 1.33 bits per heavy atom. The van der Waals surface area contributed by atoms with Crippen molar-refractivity contribution >= 4 is 38.8 Å². The summed E-state index contributed by atoms with van der Waals surface area (Å²) in [5.41, 5.74) is 1.19. The number of thiophene rings is 1. The van der Waals surface area contributed by atoms with E-state index < -0.39 is 9.84 Å². The van der Waals surface area contributed by atoms with Gasteiger partial charge in [0.15, 0.2) is 9.84 Å². The van der Waals surface area contributed by atoms with E-state index in [0.717, 1.165) is 5.69 Å². The standard InChI is InChI=1S/C20H28N4O4S2/c1-20(2,3)16-11-17(24(23-16)15-7-10-30(27,28)13-15)22-18(25)5-4-8-21-19(26)14-6-9-29-12-14/h6,9,11-12,15H,4-5,7-8,10,13H2,1-3H3,(H,21,26)(H,22,25)/t15-/m1/s1. The van der Waals surface area contributed by atoms with E-state index in [1.807, 2.05) is 32.2 Å². The lowest BCUT2D eigenvalue weighted by molar-refractivity contribution is -0.116. The second-order valence-electron chi connectivity index (χ2n) is 8.59. The highest BCUT2D eigenvalue weighted by Crippen LogP contribution is 2.30. The first kappa shape index (κ1) is 22.5. The molecule has 1 aliphatic rings. The SMILES string of the molecule is CC(C)(C)c1cc(NC(=O)CCCNC(=O)c2ccsc2)n([C@@H]2CCS(=O)(=O)C2)n1. The van der Waals surface area contributed by atoms with E-state index in [2.05, 4.69) is 15.7 Å². The van der Waals surface area contributed by atoms with Gasteiger partial charge in [0.05, 0.1) is 23.2 Å². The summed E-state index contributed by atoms with van der Waals surface area (Å²) < 4.78 is 25.5. The van der Waals surface area contributed by atoms with Gasteiger partial charge in [-0.15, -0.1) is 0 Å². The average Bonchev–Trinajstić information content (AvgIpc) is 3.37. The third-order valence-electron chi connectivity index (χ3n) is 4.98. The minimum absolute atomic E-state index is 0.0374. The van der Waals surface area contributed by atoms with E-state index in [1.54, 1.807) is 16.1 Å². The molecule has 0 bridgehead atoms. The number of nitrogens with zero attached hydrogens (tertiary/aromatic N) is 2. The molecule has 2 N–H and O–H groups in total. The Labute approximate surface area is 181 Å². The van der Waals surface area contributed by atoms with Crippen molar-refractivity contribution in [2.45, 2.75) is 51.5 Å². The van der Waals surface area contributed by atoms with Gasteiger partial charge in [-0.05, 0) is 24.3 Å². The van der Waals surface area contributed by atoms with Crippen LogP contribution in [0.2, 0.25) is 0 Å². The lowest BCUT2D eigenvalue weighted by Gasteiger charge is -2.15. The van der Waals surface area contributed by atoms with Crippen LogP contribution in [-0.2, 0) is 20.0 Å². The molecule has 1 aliphatic heterocycles. The zero-order valence-electron chi connectivity index (χ0n) is 17.5. The van der Waals surface area contributed by atoms with Gasteiger partial charge in [0.2, 0.25) is 5.91 Å². The van der Waals surface area contributed by atoms with Crippen molar-refractivity contribution < 1.29 is 18.0 Å². The fraction of sp³-hybridized carbons (Fsp3) is 0.550. The van der Waals surface area contributed by atoms with Gasteiger partial charge in [-0.1, -0.05) is 20.8 Å². The molecule has 1 fully saturated rings. The van der Waals surface area contributed by atoms with Gasteiger partial charge in [-0.3, -0.25) is 9.59 Å². The number of carbonyl (C=O) groups is 2. The minimum Gasteiger partial charge on any atom is -0.352 e. The molecular formula is C20H28N4O4S2. The van der Waals surface area contributed by atoms with Crippen LogP contribution in [0, 0.1) is 0 Å². The highest BCUT2D eigenvalue weighted by Gasteiger charge is 2.32. The van der Waals surface area contributed by atoms with Crippen molar-refractivity contribution in [3.05, 3.63) is 34.2 Å². The first-order valence-electron chi connectivity index (χ1n) is 9.96. The predicted molar refractivity (Wildman–Crippen MR) is 118 cm³/mol. The third-order valence-corrected chi connectivity index (χ3v) is 7.41. The molecule has 0 unspecified atom stereocenters. The number of anilines is 1. The second-order valence-corrected chi connectivity index (χ2v) is 11.6. The van der Waals surface area contributed by atoms with Gasteiger partial charge >= 0.3 is 0 Å². The first-order chi connectivity index (χ1) is 14.0. The van der Waals surface area contributed by atoms with Gasteiger partial charge in [0.1, 0.15) is 5.82 Å². The molecule has 0 spiro atoms. The first-order valence-corrected chi connectivity index (χ1v) is 12.7. The molecule has 0 aliphatic carbocycles. The molecule has 1 saturated heterocycles. The highest BCUT2D eigenvalue weighted by atomic mass is 32.2. The number of nitrogens with one attached hydrogen (secondary N) is 2. The van der Waals surface area contributed by atoms with Crippen molar-refractivity contribution in [3.63, 3.8) is 0 Å². The van der Waals surface area contributed by atoms with Gasteiger partial charge < -0.3 is 10.6 Å². The van der Waals surface area contributed by atoms with E-state index in [1.165, 1.54) is 11.3 Å². The van der Waals surface area contributed by atoms with Crippen LogP contribution in [0.15, 0.2) is 22.9 Å². The molecule has 0 saturated carbocycles. The minimum atomic E-state index is -3.07. The number of hydrogen-bond donors (Lipinski definition) is 2. The van der Waals surface area contributed by atoms with Gasteiger partial charge in [-0.2, -0.15) is 16.4 Å². The summed E-state index contributed by atoms with van der Waals surface area (Å²) in [4.78, 5) is 24.4. The molecule has 1 atom stereocenters. The Hall–Kier alpha value is -2.20. The smallest absolute Gasteiger partial charge is 0.252 e. The van der Waals surface area contributed by atoms with Crippen molar-refractivity contribution in [1.82, 2.24) is 15.1 Å². The zero-order valence-corrected chi connectivity index (χ0v) is 19.1. The summed E-state index contributed by atoms with van der Waals surface area (Å²) in [7, 11) is -3.07. The zero-order chi connectivity index (χ0) is 21.9. The van der Waals surface area contributed by atoms with Crippen LogP contribution >= 0.6 is 11.3 Å². The third kappa shape index (κ3) is 5.69. The number of rotatable bonds is 7. The monoisotopic (exact) mass is 452 g/mol. The number of amides is 2. The molecule has 0 aromatic carbocycles. The van der Waals surface area contributed by atoms with Gasteiger partial charge in [0.25, 0.3) is 5.91 Å². The van der Waals surface area contributed by atoms with E-state index in [-0.39, 0.29) is 41.2 Å². The summed E-state index contributed by atoms with van der Waals surface area (Å²) in [5.74, 6) is 0.360. The molecule has 30 heavy (non-hydrogen) atoms. The van der Waals surface area contributed by atoms with Crippen molar-refractivity contribution in [2.75, 3.05) is 23.4 Å². The van der Waals surface area contributed by atoms with Crippen molar-refractivity contribution in [2.24, 2.45) is 0 Å². The second kappa shape index (κ2) is 8.89. The number of sulfone groups is 1. The Morgan fingerprint density at radius 2 is 2.10 bits per heavy atom. The molecule has 0 radical (unpaired) electrons. The molecule has 8 nitrogen and oxygen atoms in total. The molecule has 3 rings (SSSR count). The quantitative estimate of drug-likeness (QED) is 0.628. The van der Waals surface area contributed by atoms with E-state index in [0.29, 0.717) is 30.8 Å². The molecule has 10 heteroatoms. The largest absolute Gasteiger partial charge is 0.352 e. The van der Waals surface area contributed by atoms with Gasteiger partial charge in [0, 0.05) is 35.4 Å². The van der Waals surface area contributed by atoms with Crippen LogP contribution in [0.4, 0.5) is 5.82 Å². The van der Waals surface area contributed by atoms with Gasteiger partial charge in [-0.25, -0.2) is 13.1 Å². The number of aromatic nitrogens is 2. The lowest BCUT2D eigenvalue weighted by atomic mass is 9.92. The topological polar surface area (TPSA) is 110 Å². The normalized spacial score (nSPS) is 18.3. The van der Waals surface area contributed by atoms with E-state index in [9.17, 15) is 18.0 Å². The van der Waals surface area contributed by atoms with Crippen LogP contribution in [0.3, 0.4) is 0 Å². The van der Waals surface area contributed by atoms with Crippen LogP contribution in [0.25, 0.3) is 0 Å². The maximum absolute atomic E-state index is 12.5. The van der Waals surface area contributed by atoms with Crippen LogP contribution in [0.1, 0.15) is 62.1 Å². The number of carbonyl (C=O) groups excluding carboxylic acids is 2. The van der Waals surface area contributed by atoms with E-state index in [4.69, 9.17) is 0 Å². The fourth-order valence-electron chi connectivity index (χ4n) is 3.25. The molecule has 164 valence electrons. The summed E-state index contributed by atoms with van der Waals surface area (Å²) in [6.07, 6.45) is 1.23. The van der Waals surface area contributed by atoms with Crippen molar-refractivity contribution in [1.29, 1.82) is 0 Å². The summed E-state index contributed by atoms with van der Waals surface area (Å²) >= 11 is 1.46. The number of hydrogen-bond acceptors (Lipinski definition) is 6. The molecule has 2 amide bonds. The maximum Gasteiger partial charge on any atom is 0.252 e. The van der Waals surface area contributed by atoms with Crippen molar-refractivity contribution in [3.8, 4) is 0 Å². The summed E-state index contributed by atoms with van der Waals surface area (Å²) in [5, 5.41) is 13.9. The average molecular weight is 453 g/mol. The molecule has 3 heterocycles. The predicted octanol–water partition coefficient (Wildman–Crippen LogP) is 2.75. The van der Waals surface area contributed by atoms with E-state index >= 15 is 0 Å². The Bertz CT molecular complexity index is 1000. The molecule has 2 aromatic rings. The molecular weight excluding hydrogens is 424 g/mol. The van der Waals surface area contributed by atoms with Crippen LogP contribution in [0.5, 0.6) is 0 Å². The maximum atomic E-state index is 12.5. The Kier molecular flexibility index (Phi) is 6.66. The lowest BCUT2D eigenvalue weighted by Crippen LogP contribution is -2.25.